The second-order valence-electron chi connectivity index (χ2n) is 3.76. The molecule has 1 rings (SSSR count). The predicted octanol–water partition coefficient (Wildman–Crippen LogP) is 2.45. The lowest BCUT2D eigenvalue weighted by molar-refractivity contribution is 0.245. The van der Waals surface area contributed by atoms with Crippen molar-refractivity contribution in [2.24, 2.45) is 10.7 Å². The van der Waals surface area contributed by atoms with Gasteiger partial charge in [-0.1, -0.05) is 25.1 Å². The molecule has 0 heterocycles. The Kier molecular flexibility index (Phi) is 5.15. The summed E-state index contributed by atoms with van der Waals surface area (Å²) in [7, 11) is 1.68. The number of methoxy groups -OCH3 is 1. The van der Waals surface area contributed by atoms with Crippen molar-refractivity contribution in [2.45, 2.75) is 26.8 Å². The van der Waals surface area contributed by atoms with Gasteiger partial charge in [0.05, 0.1) is 12.3 Å². The number of benzene rings is 1. The van der Waals surface area contributed by atoms with Crippen molar-refractivity contribution in [2.75, 3.05) is 13.7 Å². The first kappa shape index (κ1) is 12.9. The largest absolute Gasteiger partial charge is 0.379 e. The average molecular weight is 220 g/mol. The fourth-order valence-corrected chi connectivity index (χ4v) is 1.67. The standard InChI is InChI=1S/C13H20N2O/c1-4-11-6-5-7-12(8-14)13(11)15-10(2)9-16-3/h5-7H,4,8-9,14H2,1-3H3. The maximum atomic E-state index is 5.72. The SMILES string of the molecule is CCc1cccc(CN)c1N=C(C)COC. The van der Waals surface area contributed by atoms with E-state index in [1.54, 1.807) is 7.11 Å². The number of hydrogen-bond donors (Lipinski definition) is 1. The van der Waals surface area contributed by atoms with E-state index in [1.165, 1.54) is 5.56 Å². The smallest absolute Gasteiger partial charge is 0.0842 e. The molecule has 16 heavy (non-hydrogen) atoms. The molecule has 0 aromatic heterocycles. The molecule has 0 aliphatic heterocycles. The summed E-state index contributed by atoms with van der Waals surface area (Å²) in [6, 6.07) is 6.15. The molecule has 3 nitrogen and oxygen atoms in total. The van der Waals surface area contributed by atoms with Gasteiger partial charge in [0.25, 0.3) is 0 Å². The molecule has 0 aliphatic carbocycles. The molecule has 0 spiro atoms. The van der Waals surface area contributed by atoms with E-state index in [-0.39, 0.29) is 0 Å². The van der Waals surface area contributed by atoms with Crippen LogP contribution in [0.1, 0.15) is 25.0 Å². The van der Waals surface area contributed by atoms with E-state index in [2.05, 4.69) is 18.0 Å². The Labute approximate surface area is 97.3 Å². The molecule has 0 fully saturated rings. The zero-order valence-corrected chi connectivity index (χ0v) is 10.3. The Morgan fingerprint density at radius 1 is 1.38 bits per heavy atom. The molecule has 0 amide bonds. The van der Waals surface area contributed by atoms with Crippen LogP contribution in [0.15, 0.2) is 23.2 Å². The third-order valence-electron chi connectivity index (χ3n) is 2.46. The molecule has 0 radical (unpaired) electrons. The highest BCUT2D eigenvalue weighted by molar-refractivity contribution is 5.86. The van der Waals surface area contributed by atoms with Crippen LogP contribution in [0, 0.1) is 0 Å². The second-order valence-corrected chi connectivity index (χ2v) is 3.76. The van der Waals surface area contributed by atoms with Crippen molar-refractivity contribution in [1.82, 2.24) is 0 Å². The summed E-state index contributed by atoms with van der Waals surface area (Å²) in [5.41, 5.74) is 10.0. The van der Waals surface area contributed by atoms with E-state index in [1.807, 2.05) is 19.1 Å². The van der Waals surface area contributed by atoms with Crippen molar-refractivity contribution in [3.8, 4) is 0 Å². The zero-order chi connectivity index (χ0) is 12.0. The van der Waals surface area contributed by atoms with Gasteiger partial charge in [-0.2, -0.15) is 0 Å². The number of aryl methyl sites for hydroxylation is 1. The topological polar surface area (TPSA) is 47.6 Å². The molecular weight excluding hydrogens is 200 g/mol. The Bertz CT molecular complexity index is 350. The number of ether oxygens (including phenoxy) is 1. The van der Waals surface area contributed by atoms with Gasteiger partial charge in [-0.15, -0.1) is 0 Å². The van der Waals surface area contributed by atoms with Crippen molar-refractivity contribution < 1.29 is 4.74 Å². The summed E-state index contributed by atoms with van der Waals surface area (Å²) in [6.07, 6.45) is 0.965. The molecule has 0 saturated carbocycles. The third kappa shape index (κ3) is 3.15. The summed E-state index contributed by atoms with van der Waals surface area (Å²) in [4.78, 5) is 4.60. The number of nitrogens with two attached hydrogens (primary N) is 1. The van der Waals surface area contributed by atoms with Crippen molar-refractivity contribution in [3.05, 3.63) is 29.3 Å². The first-order chi connectivity index (χ1) is 7.72. The number of nitrogens with zero attached hydrogens (tertiary/aromatic N) is 1. The van der Waals surface area contributed by atoms with Gasteiger partial charge < -0.3 is 10.5 Å². The van der Waals surface area contributed by atoms with Crippen LogP contribution in [0.4, 0.5) is 5.69 Å². The lowest BCUT2D eigenvalue weighted by Gasteiger charge is -2.09. The van der Waals surface area contributed by atoms with E-state index in [0.717, 1.165) is 23.4 Å². The molecule has 3 heteroatoms. The maximum absolute atomic E-state index is 5.72. The van der Waals surface area contributed by atoms with E-state index in [4.69, 9.17) is 10.5 Å². The Morgan fingerprint density at radius 3 is 2.62 bits per heavy atom. The summed E-state index contributed by atoms with van der Waals surface area (Å²) in [6.45, 7) is 5.17. The number of para-hydroxylation sites is 1. The zero-order valence-electron chi connectivity index (χ0n) is 10.3. The van der Waals surface area contributed by atoms with E-state index >= 15 is 0 Å². The number of rotatable bonds is 5. The average Bonchev–Trinajstić information content (AvgIpc) is 2.29. The van der Waals surface area contributed by atoms with E-state index in [0.29, 0.717) is 13.2 Å². The van der Waals surface area contributed by atoms with Gasteiger partial charge in [-0.25, -0.2) is 0 Å². The third-order valence-corrected chi connectivity index (χ3v) is 2.46. The normalized spacial score (nSPS) is 11.9. The van der Waals surface area contributed by atoms with Crippen molar-refractivity contribution in [3.63, 3.8) is 0 Å². The van der Waals surface area contributed by atoms with Gasteiger partial charge in [0.1, 0.15) is 0 Å². The van der Waals surface area contributed by atoms with Gasteiger partial charge in [0.15, 0.2) is 0 Å². The van der Waals surface area contributed by atoms with Gasteiger partial charge >= 0.3 is 0 Å². The van der Waals surface area contributed by atoms with Gasteiger partial charge in [-0.3, -0.25) is 4.99 Å². The second kappa shape index (κ2) is 6.40. The fourth-order valence-electron chi connectivity index (χ4n) is 1.67. The molecule has 0 aliphatic rings. The monoisotopic (exact) mass is 220 g/mol. The quantitative estimate of drug-likeness (QED) is 0.775. The minimum Gasteiger partial charge on any atom is -0.379 e. The molecular formula is C13H20N2O. The van der Waals surface area contributed by atoms with Crippen LogP contribution in [-0.2, 0) is 17.7 Å². The molecule has 0 bridgehead atoms. The number of aliphatic imine (C=N–C) groups is 1. The highest BCUT2D eigenvalue weighted by atomic mass is 16.5. The maximum Gasteiger partial charge on any atom is 0.0842 e. The van der Waals surface area contributed by atoms with Crippen molar-refractivity contribution in [1.29, 1.82) is 0 Å². The summed E-state index contributed by atoms with van der Waals surface area (Å²) >= 11 is 0. The van der Waals surface area contributed by atoms with E-state index < -0.39 is 0 Å². The fraction of sp³-hybridized carbons (Fsp3) is 0.462. The first-order valence-corrected chi connectivity index (χ1v) is 5.56. The van der Waals surface area contributed by atoms with Crippen LogP contribution in [-0.4, -0.2) is 19.4 Å². The molecule has 0 atom stereocenters. The molecule has 0 unspecified atom stereocenters. The van der Waals surface area contributed by atoms with Gasteiger partial charge in [0, 0.05) is 19.4 Å². The molecule has 2 N–H and O–H groups in total. The molecule has 0 saturated heterocycles. The molecule has 1 aromatic rings. The van der Waals surface area contributed by atoms with Crippen LogP contribution in [0.25, 0.3) is 0 Å². The predicted molar refractivity (Wildman–Crippen MR) is 68.4 cm³/mol. The Hall–Kier alpha value is -1.19. The Morgan fingerprint density at radius 2 is 2.06 bits per heavy atom. The van der Waals surface area contributed by atoms with E-state index in [9.17, 15) is 0 Å². The molecule has 88 valence electrons. The highest BCUT2D eigenvalue weighted by Crippen LogP contribution is 2.25. The van der Waals surface area contributed by atoms with Crippen LogP contribution in [0.2, 0.25) is 0 Å². The molecule has 1 aromatic carbocycles. The lowest BCUT2D eigenvalue weighted by Crippen LogP contribution is -2.03. The minimum absolute atomic E-state index is 0.521. The van der Waals surface area contributed by atoms with Crippen LogP contribution >= 0.6 is 0 Å². The Balaban J connectivity index is 3.13. The lowest BCUT2D eigenvalue weighted by atomic mass is 10.1. The summed E-state index contributed by atoms with van der Waals surface area (Å²) in [5.74, 6) is 0. The van der Waals surface area contributed by atoms with Crippen LogP contribution in [0.5, 0.6) is 0 Å². The number of hydrogen-bond acceptors (Lipinski definition) is 3. The van der Waals surface area contributed by atoms with Gasteiger partial charge in [-0.05, 0) is 24.5 Å². The van der Waals surface area contributed by atoms with Crippen LogP contribution in [0.3, 0.4) is 0 Å². The summed E-state index contributed by atoms with van der Waals surface area (Å²) < 4.78 is 5.06. The van der Waals surface area contributed by atoms with Crippen molar-refractivity contribution >= 4 is 11.4 Å². The first-order valence-electron chi connectivity index (χ1n) is 5.56. The van der Waals surface area contributed by atoms with Gasteiger partial charge in [0.2, 0.25) is 0 Å². The highest BCUT2D eigenvalue weighted by Gasteiger charge is 2.05. The summed E-state index contributed by atoms with van der Waals surface area (Å²) in [5, 5.41) is 0. The van der Waals surface area contributed by atoms with Crippen LogP contribution < -0.4 is 5.73 Å². The minimum atomic E-state index is 0.521.